The maximum absolute atomic E-state index is 15.0. The van der Waals surface area contributed by atoms with Gasteiger partial charge in [0.2, 0.25) is 5.91 Å². The zero-order valence-electron chi connectivity index (χ0n) is 22.8. The SMILES string of the molecule is O=C([C@H]1CCc2cncn2C1)N1CC[C@@]2(S(=O)(=O)c3ccc(F)cc3)c3ccc(C(F)(C(F)(F)F)C(F)(F)F)cc3CC[C@@H]12. The second-order valence-electron chi connectivity index (χ2n) is 11.5. The fraction of sp³-hybridized carbons (Fsp3) is 0.448. The maximum atomic E-state index is 15.0. The number of rotatable bonds is 4. The van der Waals surface area contributed by atoms with Gasteiger partial charge in [0.1, 0.15) is 10.6 Å². The lowest BCUT2D eigenvalue weighted by Crippen LogP contribution is -2.54. The van der Waals surface area contributed by atoms with E-state index in [1.165, 1.54) is 4.90 Å². The highest BCUT2D eigenvalue weighted by molar-refractivity contribution is 7.92. The number of benzene rings is 2. The molecule has 0 spiro atoms. The van der Waals surface area contributed by atoms with E-state index in [4.69, 9.17) is 0 Å². The third-order valence-electron chi connectivity index (χ3n) is 9.27. The monoisotopic (exact) mass is 647 g/mol. The van der Waals surface area contributed by atoms with Gasteiger partial charge in [-0.2, -0.15) is 26.3 Å². The van der Waals surface area contributed by atoms with Crippen LogP contribution in [0.2, 0.25) is 0 Å². The Morgan fingerprint density at radius 3 is 2.27 bits per heavy atom. The number of hydrogen-bond acceptors (Lipinski definition) is 4. The zero-order chi connectivity index (χ0) is 31.9. The van der Waals surface area contributed by atoms with Crippen molar-refractivity contribution in [3.05, 3.63) is 83.2 Å². The molecule has 3 heterocycles. The zero-order valence-corrected chi connectivity index (χ0v) is 23.6. The third kappa shape index (κ3) is 4.28. The van der Waals surface area contributed by atoms with Crippen LogP contribution in [0.3, 0.4) is 0 Å². The standard InChI is InChI=1S/C29H25F8N3O3S/c30-20-4-7-22(8-5-20)44(42,43)26-11-12-40(25(41)18-1-6-21-14-38-16-39(21)15-18)24(26)10-2-17-13-19(3-9-23(17)26)27(31,28(32,33)34)29(35,36)37/h3-5,7-9,13-14,16,18,24H,1-2,6,10-12,15H2/t18-,24+,26+/m0/s1. The maximum Gasteiger partial charge on any atom is 0.435 e. The number of nitrogens with zero attached hydrogens (tertiary/aromatic N) is 3. The Labute approximate surface area is 246 Å². The molecule has 15 heteroatoms. The van der Waals surface area contributed by atoms with Gasteiger partial charge in [-0.05, 0) is 67.5 Å². The second kappa shape index (κ2) is 10.0. The van der Waals surface area contributed by atoms with Crippen molar-refractivity contribution < 1.29 is 48.3 Å². The molecule has 1 aliphatic carbocycles. The minimum absolute atomic E-state index is 0.0590. The molecule has 44 heavy (non-hydrogen) atoms. The van der Waals surface area contributed by atoms with Crippen LogP contribution < -0.4 is 0 Å². The summed E-state index contributed by atoms with van der Waals surface area (Å²) in [7, 11) is -4.55. The van der Waals surface area contributed by atoms with Gasteiger partial charge in [0, 0.05) is 30.5 Å². The van der Waals surface area contributed by atoms with Gasteiger partial charge in [-0.25, -0.2) is 22.2 Å². The van der Waals surface area contributed by atoms with Crippen LogP contribution in [0.4, 0.5) is 35.1 Å². The topological polar surface area (TPSA) is 72.3 Å². The Balaban J connectivity index is 1.47. The first kappa shape index (κ1) is 30.5. The number of fused-ring (bicyclic) bond motifs is 4. The number of carbonyl (C=O) groups excluding carboxylic acids is 1. The molecule has 0 N–H and O–H groups in total. The number of halogens is 8. The molecule has 3 aliphatic rings. The Morgan fingerprint density at radius 1 is 0.932 bits per heavy atom. The van der Waals surface area contributed by atoms with E-state index in [2.05, 4.69) is 4.98 Å². The van der Waals surface area contributed by atoms with Crippen LogP contribution >= 0.6 is 0 Å². The van der Waals surface area contributed by atoms with E-state index in [1.807, 2.05) is 4.57 Å². The summed E-state index contributed by atoms with van der Waals surface area (Å²) in [6.07, 6.45) is -8.94. The summed E-state index contributed by atoms with van der Waals surface area (Å²) in [4.78, 5) is 19.1. The van der Waals surface area contributed by atoms with Crippen LogP contribution in [0, 0.1) is 11.7 Å². The van der Waals surface area contributed by atoms with Crippen molar-refractivity contribution in [2.45, 2.75) is 72.4 Å². The van der Waals surface area contributed by atoms with Gasteiger partial charge in [0.25, 0.3) is 0 Å². The Hall–Kier alpha value is -3.49. The van der Waals surface area contributed by atoms with E-state index >= 15 is 4.39 Å². The summed E-state index contributed by atoms with van der Waals surface area (Å²) < 4.78 is 139. The van der Waals surface area contributed by atoms with Gasteiger partial charge in [-0.15, -0.1) is 0 Å². The lowest BCUT2D eigenvalue weighted by molar-refractivity contribution is -0.348. The number of aromatic nitrogens is 2. The van der Waals surface area contributed by atoms with Crippen molar-refractivity contribution in [3.63, 3.8) is 0 Å². The molecule has 2 aromatic carbocycles. The lowest BCUT2D eigenvalue weighted by Gasteiger charge is -2.43. The van der Waals surface area contributed by atoms with E-state index in [9.17, 15) is 43.9 Å². The van der Waals surface area contributed by atoms with Crippen LogP contribution in [0.15, 0.2) is 59.9 Å². The summed E-state index contributed by atoms with van der Waals surface area (Å²) in [6, 6.07) is 4.38. The van der Waals surface area contributed by atoms with Gasteiger partial charge >= 0.3 is 18.0 Å². The molecule has 0 radical (unpaired) electrons. The van der Waals surface area contributed by atoms with Crippen LogP contribution in [0.5, 0.6) is 0 Å². The number of likely N-dealkylation sites (tertiary alicyclic amines) is 1. The molecule has 2 aliphatic heterocycles. The van der Waals surface area contributed by atoms with Crippen molar-refractivity contribution in [1.29, 1.82) is 0 Å². The van der Waals surface area contributed by atoms with Crippen molar-refractivity contribution in [2.75, 3.05) is 6.54 Å². The van der Waals surface area contributed by atoms with E-state index in [0.29, 0.717) is 31.5 Å². The lowest BCUT2D eigenvalue weighted by atomic mass is 9.76. The highest BCUT2D eigenvalue weighted by Gasteiger charge is 2.74. The highest BCUT2D eigenvalue weighted by atomic mass is 32.2. The molecule has 1 aromatic heterocycles. The fourth-order valence-electron chi connectivity index (χ4n) is 7.13. The Morgan fingerprint density at radius 2 is 1.61 bits per heavy atom. The molecular formula is C29H25F8N3O3S. The first-order valence-corrected chi connectivity index (χ1v) is 15.3. The van der Waals surface area contributed by atoms with Gasteiger partial charge < -0.3 is 9.47 Å². The normalized spacial score (nSPS) is 24.0. The van der Waals surface area contributed by atoms with Crippen molar-refractivity contribution in [3.8, 4) is 0 Å². The van der Waals surface area contributed by atoms with Crippen LogP contribution in [-0.4, -0.2) is 53.7 Å². The minimum atomic E-state index is -6.35. The third-order valence-corrected chi connectivity index (χ3v) is 11.8. The first-order valence-electron chi connectivity index (χ1n) is 13.8. The smallest absolute Gasteiger partial charge is 0.337 e. The molecule has 0 unspecified atom stereocenters. The van der Waals surface area contributed by atoms with Gasteiger partial charge in [-0.1, -0.05) is 18.2 Å². The van der Waals surface area contributed by atoms with Gasteiger partial charge in [0.05, 0.1) is 23.2 Å². The van der Waals surface area contributed by atoms with Crippen LogP contribution in [-0.2, 0) is 44.4 Å². The predicted octanol–water partition coefficient (Wildman–Crippen LogP) is 5.79. The van der Waals surface area contributed by atoms with Crippen molar-refractivity contribution in [2.24, 2.45) is 5.92 Å². The molecule has 6 rings (SSSR count). The quantitative estimate of drug-likeness (QED) is 0.266. The van der Waals surface area contributed by atoms with Crippen molar-refractivity contribution in [1.82, 2.24) is 14.5 Å². The number of hydrogen-bond donors (Lipinski definition) is 0. The van der Waals surface area contributed by atoms with Gasteiger partial charge in [-0.3, -0.25) is 4.79 Å². The number of alkyl halides is 7. The molecule has 3 aromatic rings. The molecule has 6 nitrogen and oxygen atoms in total. The van der Waals surface area contributed by atoms with Crippen molar-refractivity contribution >= 4 is 15.7 Å². The molecule has 1 saturated heterocycles. The van der Waals surface area contributed by atoms with Gasteiger partial charge in [0.15, 0.2) is 9.84 Å². The second-order valence-corrected chi connectivity index (χ2v) is 13.7. The van der Waals surface area contributed by atoms with Crippen LogP contribution in [0.25, 0.3) is 0 Å². The number of amides is 1. The summed E-state index contributed by atoms with van der Waals surface area (Å²) >= 11 is 0. The fourth-order valence-corrected chi connectivity index (χ4v) is 9.49. The number of imidazole rings is 1. The molecule has 1 amide bonds. The number of carbonyl (C=O) groups is 1. The molecular weight excluding hydrogens is 622 g/mol. The summed E-state index contributed by atoms with van der Waals surface area (Å²) in [5.74, 6) is -1.58. The van der Waals surface area contributed by atoms with E-state index in [0.717, 1.165) is 36.0 Å². The summed E-state index contributed by atoms with van der Waals surface area (Å²) in [6.45, 7) is 0.249. The Bertz CT molecular complexity index is 1700. The highest BCUT2D eigenvalue weighted by Crippen LogP contribution is 2.57. The summed E-state index contributed by atoms with van der Waals surface area (Å²) in [5.41, 5.74) is -6.78. The average molecular weight is 648 g/mol. The average Bonchev–Trinajstić information content (AvgIpc) is 3.60. The first-order chi connectivity index (χ1) is 20.5. The van der Waals surface area contributed by atoms with Crippen LogP contribution in [0.1, 0.15) is 41.6 Å². The summed E-state index contributed by atoms with van der Waals surface area (Å²) in [5, 5.41) is 0. The molecule has 3 atom stereocenters. The predicted molar refractivity (Wildman–Crippen MR) is 139 cm³/mol. The minimum Gasteiger partial charge on any atom is -0.337 e. The van der Waals surface area contributed by atoms with E-state index in [1.54, 1.807) is 12.5 Å². The number of sulfone groups is 1. The largest absolute Gasteiger partial charge is 0.435 e. The molecule has 0 bridgehead atoms. The molecule has 236 valence electrons. The van der Waals surface area contributed by atoms with E-state index in [-0.39, 0.29) is 47.7 Å². The van der Waals surface area contributed by atoms with E-state index < -0.39 is 55.9 Å². The Kier molecular flexibility index (Phi) is 6.95. The molecule has 1 fully saturated rings. The molecule has 0 saturated carbocycles. The number of aryl methyl sites for hydroxylation is 2.